The third-order valence-corrected chi connectivity index (χ3v) is 5.62. The van der Waals surface area contributed by atoms with E-state index in [0.717, 1.165) is 54.6 Å². The Morgan fingerprint density at radius 1 is 0.968 bits per heavy atom. The highest BCUT2D eigenvalue weighted by molar-refractivity contribution is 5.47. The van der Waals surface area contributed by atoms with Crippen LogP contribution in [0.15, 0.2) is 30.9 Å². The topological polar surface area (TPSA) is 99.2 Å². The van der Waals surface area contributed by atoms with Gasteiger partial charge in [0.25, 0.3) is 5.78 Å². The van der Waals surface area contributed by atoms with Crippen molar-refractivity contribution in [3.05, 3.63) is 47.9 Å². The number of hydrogen-bond acceptors (Lipinski definition) is 8. The molecule has 160 valence electrons. The van der Waals surface area contributed by atoms with Crippen LogP contribution in [-0.2, 0) is 0 Å². The van der Waals surface area contributed by atoms with Crippen molar-refractivity contribution in [2.75, 3.05) is 24.6 Å². The smallest absolute Gasteiger partial charge is 0.254 e. The predicted octanol–water partition coefficient (Wildman–Crippen LogP) is 2.32. The average molecular weight is 419 g/mol. The van der Waals surface area contributed by atoms with Gasteiger partial charge in [0.05, 0.1) is 12.3 Å². The second kappa shape index (κ2) is 7.93. The number of piperidine rings is 1. The van der Waals surface area contributed by atoms with Gasteiger partial charge in [0.2, 0.25) is 5.88 Å². The van der Waals surface area contributed by atoms with Crippen molar-refractivity contribution in [2.24, 2.45) is 5.92 Å². The van der Waals surface area contributed by atoms with Gasteiger partial charge in [0.1, 0.15) is 18.5 Å². The van der Waals surface area contributed by atoms with Gasteiger partial charge >= 0.3 is 0 Å². The van der Waals surface area contributed by atoms with E-state index in [2.05, 4.69) is 41.1 Å². The van der Waals surface area contributed by atoms with E-state index < -0.39 is 0 Å². The van der Waals surface area contributed by atoms with Gasteiger partial charge in [-0.05, 0) is 45.6 Å². The summed E-state index contributed by atoms with van der Waals surface area (Å²) in [5, 5.41) is 8.81. The summed E-state index contributed by atoms with van der Waals surface area (Å²) in [6.07, 6.45) is 5.15. The molecular formula is C21H25N9O. The molecule has 1 fully saturated rings. The number of anilines is 1. The highest BCUT2D eigenvalue weighted by Crippen LogP contribution is 2.24. The van der Waals surface area contributed by atoms with Gasteiger partial charge in [-0.1, -0.05) is 0 Å². The van der Waals surface area contributed by atoms with Gasteiger partial charge in [-0.25, -0.2) is 19.6 Å². The summed E-state index contributed by atoms with van der Waals surface area (Å²) in [6.45, 7) is 8.47. The average Bonchev–Trinajstić information content (AvgIpc) is 3.37. The van der Waals surface area contributed by atoms with Crippen molar-refractivity contribution in [3.63, 3.8) is 0 Å². The molecule has 1 saturated heterocycles. The molecule has 0 spiro atoms. The summed E-state index contributed by atoms with van der Waals surface area (Å²) in [6, 6.07) is 5.93. The predicted molar refractivity (Wildman–Crippen MR) is 115 cm³/mol. The molecule has 10 heteroatoms. The number of rotatable bonds is 5. The lowest BCUT2D eigenvalue weighted by molar-refractivity contribution is 0.215. The van der Waals surface area contributed by atoms with Crippen LogP contribution < -0.4 is 9.64 Å². The van der Waals surface area contributed by atoms with Crippen molar-refractivity contribution < 1.29 is 4.74 Å². The van der Waals surface area contributed by atoms with E-state index >= 15 is 0 Å². The van der Waals surface area contributed by atoms with Crippen molar-refractivity contribution in [1.29, 1.82) is 0 Å². The molecule has 4 aromatic rings. The maximum atomic E-state index is 6.02. The Balaban J connectivity index is 1.21. The first-order valence-electron chi connectivity index (χ1n) is 10.5. The molecule has 1 aliphatic heterocycles. The number of fused-ring (bicyclic) bond motifs is 1. The summed E-state index contributed by atoms with van der Waals surface area (Å²) in [7, 11) is 0. The quantitative estimate of drug-likeness (QED) is 0.486. The van der Waals surface area contributed by atoms with E-state index in [0.29, 0.717) is 24.2 Å². The Morgan fingerprint density at radius 2 is 1.81 bits per heavy atom. The van der Waals surface area contributed by atoms with E-state index in [-0.39, 0.29) is 0 Å². The molecule has 5 heterocycles. The molecule has 0 atom stereocenters. The zero-order valence-electron chi connectivity index (χ0n) is 17.9. The molecule has 31 heavy (non-hydrogen) atoms. The van der Waals surface area contributed by atoms with Gasteiger partial charge in [-0.2, -0.15) is 19.7 Å². The first kappa shape index (κ1) is 19.4. The van der Waals surface area contributed by atoms with Crippen LogP contribution in [-0.4, -0.2) is 59.0 Å². The first-order valence-corrected chi connectivity index (χ1v) is 10.5. The monoisotopic (exact) mass is 419 g/mol. The highest BCUT2D eigenvalue weighted by atomic mass is 16.5. The summed E-state index contributed by atoms with van der Waals surface area (Å²) in [5.41, 5.74) is 2.93. The second-order valence-corrected chi connectivity index (χ2v) is 8.02. The minimum atomic E-state index is 0.470. The van der Waals surface area contributed by atoms with Gasteiger partial charge in [-0.15, -0.1) is 0 Å². The number of aryl methyl sites for hydroxylation is 3. The number of aromatic nitrogens is 8. The van der Waals surface area contributed by atoms with Crippen LogP contribution in [0, 0.1) is 26.7 Å². The lowest BCUT2D eigenvalue weighted by atomic mass is 9.98. The fourth-order valence-electron chi connectivity index (χ4n) is 4.05. The van der Waals surface area contributed by atoms with Gasteiger partial charge < -0.3 is 9.64 Å². The van der Waals surface area contributed by atoms with Crippen LogP contribution in [0.2, 0.25) is 0 Å². The van der Waals surface area contributed by atoms with Crippen LogP contribution >= 0.6 is 0 Å². The maximum absolute atomic E-state index is 6.02. The third kappa shape index (κ3) is 3.92. The first-order chi connectivity index (χ1) is 15.1. The van der Waals surface area contributed by atoms with Crippen LogP contribution in [0.1, 0.15) is 29.9 Å². The number of ether oxygens (including phenoxy) is 1. The Bertz CT molecular complexity index is 1210. The Hall–Kier alpha value is -3.56. The summed E-state index contributed by atoms with van der Waals surface area (Å²) >= 11 is 0. The molecule has 4 aromatic heterocycles. The van der Waals surface area contributed by atoms with Gasteiger partial charge in [0.15, 0.2) is 5.82 Å². The van der Waals surface area contributed by atoms with E-state index in [4.69, 9.17) is 4.74 Å². The third-order valence-electron chi connectivity index (χ3n) is 5.62. The molecule has 0 N–H and O–H groups in total. The second-order valence-electron chi connectivity index (χ2n) is 8.02. The molecular weight excluding hydrogens is 394 g/mol. The zero-order chi connectivity index (χ0) is 21.4. The van der Waals surface area contributed by atoms with Crippen molar-refractivity contribution >= 4 is 11.6 Å². The highest BCUT2D eigenvalue weighted by Gasteiger charge is 2.22. The summed E-state index contributed by atoms with van der Waals surface area (Å²) in [5.74, 6) is 3.45. The largest absolute Gasteiger partial charge is 0.477 e. The van der Waals surface area contributed by atoms with Crippen molar-refractivity contribution in [2.45, 2.75) is 33.6 Å². The minimum absolute atomic E-state index is 0.470. The molecule has 0 aliphatic carbocycles. The van der Waals surface area contributed by atoms with Gasteiger partial charge in [0, 0.05) is 36.6 Å². The van der Waals surface area contributed by atoms with Crippen molar-refractivity contribution in [1.82, 2.24) is 39.3 Å². The van der Waals surface area contributed by atoms with Crippen LogP contribution in [0.4, 0.5) is 5.82 Å². The SMILES string of the molecule is Cc1cc(N2CCC(COc3cc(-n4nc(C)cc4C)ncn3)CC2)n2ncnc2n1. The van der Waals surface area contributed by atoms with E-state index in [1.165, 1.54) is 6.33 Å². The fourth-order valence-corrected chi connectivity index (χ4v) is 4.05. The fraction of sp³-hybridized carbons (Fsp3) is 0.429. The zero-order valence-corrected chi connectivity index (χ0v) is 17.9. The van der Waals surface area contributed by atoms with E-state index in [1.54, 1.807) is 6.33 Å². The lowest BCUT2D eigenvalue weighted by Crippen LogP contribution is -2.36. The summed E-state index contributed by atoms with van der Waals surface area (Å²) < 4.78 is 9.64. The Kier molecular flexibility index (Phi) is 4.97. The molecule has 1 aliphatic rings. The molecule has 0 radical (unpaired) electrons. The maximum Gasteiger partial charge on any atom is 0.254 e. The Labute approximate surface area is 179 Å². The standard InChI is InChI=1S/C21H25N9O/c1-14-9-20(30-21(26-14)24-13-25-30)28-6-4-17(5-7-28)11-31-19-10-18(22-12-23-19)29-16(3)8-15(2)27-29/h8-10,12-13,17H,4-7,11H2,1-3H3. The van der Waals surface area contributed by atoms with E-state index in [9.17, 15) is 0 Å². The summed E-state index contributed by atoms with van der Waals surface area (Å²) in [4.78, 5) is 19.6. The van der Waals surface area contributed by atoms with E-state index in [1.807, 2.05) is 42.1 Å². The van der Waals surface area contributed by atoms with Crippen LogP contribution in [0.25, 0.3) is 11.6 Å². The van der Waals surface area contributed by atoms with Crippen LogP contribution in [0.5, 0.6) is 5.88 Å². The molecule has 0 amide bonds. The van der Waals surface area contributed by atoms with Gasteiger partial charge in [-0.3, -0.25) is 0 Å². The normalized spacial score (nSPS) is 15.0. The molecule has 5 rings (SSSR count). The molecule has 0 unspecified atom stereocenters. The Morgan fingerprint density at radius 3 is 2.58 bits per heavy atom. The number of nitrogens with zero attached hydrogens (tertiary/aromatic N) is 9. The molecule has 0 aromatic carbocycles. The number of hydrogen-bond donors (Lipinski definition) is 0. The molecule has 0 bridgehead atoms. The van der Waals surface area contributed by atoms with Crippen molar-refractivity contribution in [3.8, 4) is 11.7 Å². The minimum Gasteiger partial charge on any atom is -0.477 e. The molecule has 0 saturated carbocycles. The lowest BCUT2D eigenvalue weighted by Gasteiger charge is -2.33. The van der Waals surface area contributed by atoms with Crippen LogP contribution in [0.3, 0.4) is 0 Å². The molecule has 10 nitrogen and oxygen atoms in total.